The van der Waals surface area contributed by atoms with Crippen molar-refractivity contribution in [2.75, 3.05) is 5.32 Å². The van der Waals surface area contributed by atoms with Crippen molar-refractivity contribution >= 4 is 17.6 Å². The van der Waals surface area contributed by atoms with Gasteiger partial charge in [0.1, 0.15) is 23.0 Å². The quantitative estimate of drug-likeness (QED) is 0.787. The summed E-state index contributed by atoms with van der Waals surface area (Å²) in [5.74, 6) is -1.31. The van der Waals surface area contributed by atoms with E-state index in [-0.39, 0.29) is 22.8 Å². The van der Waals surface area contributed by atoms with Crippen LogP contribution >= 0.6 is 0 Å². The van der Waals surface area contributed by atoms with Gasteiger partial charge in [0.25, 0.3) is 0 Å². The monoisotopic (exact) mass is 353 g/mol. The Morgan fingerprint density at radius 3 is 2.69 bits per heavy atom. The molecule has 134 valence electrons. The van der Waals surface area contributed by atoms with Gasteiger partial charge in [-0.2, -0.15) is 5.26 Å². The summed E-state index contributed by atoms with van der Waals surface area (Å²) >= 11 is 0. The van der Waals surface area contributed by atoms with Crippen LogP contribution in [0.25, 0.3) is 0 Å². The number of benzene rings is 1. The zero-order chi connectivity index (χ0) is 19.2. The van der Waals surface area contributed by atoms with Crippen LogP contribution in [-0.4, -0.2) is 18.0 Å². The van der Waals surface area contributed by atoms with Crippen molar-refractivity contribution in [3.8, 4) is 6.07 Å². The molecule has 2 heterocycles. The van der Waals surface area contributed by atoms with E-state index in [9.17, 15) is 14.9 Å². The number of rotatable bonds is 2. The predicted molar refractivity (Wildman–Crippen MR) is 93.3 cm³/mol. The third kappa shape index (κ3) is 2.26. The predicted octanol–water partition coefficient (Wildman–Crippen LogP) is 2.13. The van der Waals surface area contributed by atoms with Crippen LogP contribution < -0.4 is 11.1 Å². The molecule has 0 aliphatic carbocycles. The number of nitrogens with zero attached hydrogens (tertiary/aromatic N) is 1. The molecular formula is C19H19N3O4. The lowest BCUT2D eigenvalue weighted by Gasteiger charge is -2.34. The molecule has 1 aromatic rings. The second-order valence-corrected chi connectivity index (χ2v) is 6.59. The fourth-order valence-electron chi connectivity index (χ4n) is 3.46. The van der Waals surface area contributed by atoms with E-state index in [1.807, 2.05) is 19.1 Å². The number of amides is 1. The molecule has 1 aromatic carbocycles. The van der Waals surface area contributed by atoms with Crippen molar-refractivity contribution in [2.24, 2.45) is 5.73 Å². The topological polar surface area (TPSA) is 114 Å². The van der Waals surface area contributed by atoms with E-state index in [2.05, 4.69) is 5.32 Å². The molecule has 0 aromatic heterocycles. The number of carbonyl (C=O) groups is 2. The molecule has 7 heteroatoms. The van der Waals surface area contributed by atoms with Crippen molar-refractivity contribution in [1.29, 1.82) is 5.26 Å². The van der Waals surface area contributed by atoms with Crippen LogP contribution in [0.2, 0.25) is 0 Å². The number of allylic oxidation sites excluding steroid dienone is 1. The minimum Gasteiger partial charge on any atom is -0.459 e. The van der Waals surface area contributed by atoms with Gasteiger partial charge < -0.3 is 20.5 Å². The molecule has 0 radical (unpaired) electrons. The molecule has 7 nitrogen and oxygen atoms in total. The molecule has 0 fully saturated rings. The summed E-state index contributed by atoms with van der Waals surface area (Å²) in [5, 5.41) is 12.5. The van der Waals surface area contributed by atoms with Gasteiger partial charge in [-0.1, -0.05) is 17.7 Å². The lowest BCUT2D eigenvalue weighted by Crippen LogP contribution is -2.46. The highest BCUT2D eigenvalue weighted by atomic mass is 16.5. The number of fused-ring (bicyclic) bond motifs is 2. The van der Waals surface area contributed by atoms with Crippen molar-refractivity contribution in [3.05, 3.63) is 52.1 Å². The zero-order valence-corrected chi connectivity index (χ0v) is 15.0. The van der Waals surface area contributed by atoms with E-state index in [0.29, 0.717) is 11.3 Å². The molecule has 0 saturated heterocycles. The molecule has 2 aliphatic heterocycles. The number of hydrogen-bond donors (Lipinski definition) is 2. The number of ether oxygens (including phenoxy) is 2. The minimum atomic E-state index is -1.69. The number of aryl methyl sites for hydroxylation is 1. The molecule has 3 N–H and O–H groups in total. The molecule has 0 saturated carbocycles. The zero-order valence-electron chi connectivity index (χ0n) is 15.0. The second kappa shape index (κ2) is 5.92. The van der Waals surface area contributed by atoms with Crippen molar-refractivity contribution in [1.82, 2.24) is 0 Å². The summed E-state index contributed by atoms with van der Waals surface area (Å²) in [7, 11) is 0. The Hall–Kier alpha value is -3.27. The number of hydrogen-bond acceptors (Lipinski definition) is 6. The normalized spacial score (nSPS) is 21.5. The van der Waals surface area contributed by atoms with Crippen LogP contribution in [0.15, 0.2) is 41.0 Å². The average Bonchev–Trinajstić information content (AvgIpc) is 2.80. The number of carbonyl (C=O) groups excluding carboxylic acids is 2. The Kier molecular flexibility index (Phi) is 3.99. The van der Waals surface area contributed by atoms with Crippen molar-refractivity contribution < 1.29 is 19.1 Å². The van der Waals surface area contributed by atoms with E-state index in [0.717, 1.165) is 5.56 Å². The Morgan fingerprint density at radius 2 is 2.08 bits per heavy atom. The lowest BCUT2D eigenvalue weighted by molar-refractivity contribution is -0.144. The van der Waals surface area contributed by atoms with Gasteiger partial charge >= 0.3 is 5.97 Å². The standard InChI is InChI=1S/C19H19N3O4/c1-9(2)25-17(23)15-11(4)26-16(21)13(8-20)19(15)12-7-10(3)5-6-14(12)22-18(19)24/h5-7,9H,21H2,1-4H3,(H,22,24)/t19-/m1/s1. The summed E-state index contributed by atoms with van der Waals surface area (Å²) < 4.78 is 10.8. The van der Waals surface area contributed by atoms with Gasteiger partial charge in [-0.25, -0.2) is 4.79 Å². The van der Waals surface area contributed by atoms with Crippen LogP contribution in [0, 0.1) is 18.3 Å². The summed E-state index contributed by atoms with van der Waals surface area (Å²) in [4.78, 5) is 26.0. The van der Waals surface area contributed by atoms with Gasteiger partial charge in [0.05, 0.1) is 6.10 Å². The molecule has 0 unspecified atom stereocenters. The summed E-state index contributed by atoms with van der Waals surface area (Å²) in [5.41, 5.74) is 5.96. The van der Waals surface area contributed by atoms with Crippen LogP contribution in [0.3, 0.4) is 0 Å². The summed E-state index contributed by atoms with van der Waals surface area (Å²) in [6, 6.07) is 7.29. The van der Waals surface area contributed by atoms with E-state index < -0.39 is 23.4 Å². The van der Waals surface area contributed by atoms with Crippen LogP contribution in [0.5, 0.6) is 0 Å². The molecule has 2 aliphatic rings. The highest BCUT2D eigenvalue weighted by Gasteiger charge is 2.59. The molecule has 1 atom stereocenters. The van der Waals surface area contributed by atoms with E-state index >= 15 is 0 Å². The number of nitriles is 1. The fraction of sp³-hybridized carbons (Fsp3) is 0.316. The third-order valence-corrected chi connectivity index (χ3v) is 4.44. The van der Waals surface area contributed by atoms with Crippen molar-refractivity contribution in [3.63, 3.8) is 0 Å². The maximum Gasteiger partial charge on any atom is 0.339 e. The number of nitrogens with one attached hydrogen (secondary N) is 1. The second-order valence-electron chi connectivity index (χ2n) is 6.59. The van der Waals surface area contributed by atoms with Crippen LogP contribution in [0.4, 0.5) is 5.69 Å². The molecule has 3 rings (SSSR count). The molecule has 1 amide bonds. The molecule has 1 spiro atoms. The SMILES string of the molecule is CC1=C(C(=O)OC(C)C)[C@]2(C(=O)Nc3ccc(C)cc32)C(C#N)=C(N)O1. The maximum absolute atomic E-state index is 13.1. The average molecular weight is 353 g/mol. The first-order valence-electron chi connectivity index (χ1n) is 8.16. The fourth-order valence-corrected chi connectivity index (χ4v) is 3.46. The van der Waals surface area contributed by atoms with Crippen LogP contribution in [-0.2, 0) is 24.5 Å². The minimum absolute atomic E-state index is 0.0289. The van der Waals surface area contributed by atoms with Gasteiger partial charge in [-0.05, 0) is 33.8 Å². The molecule has 0 bridgehead atoms. The van der Waals surface area contributed by atoms with Gasteiger partial charge in [0.15, 0.2) is 5.41 Å². The molecule has 26 heavy (non-hydrogen) atoms. The smallest absolute Gasteiger partial charge is 0.339 e. The van der Waals surface area contributed by atoms with Gasteiger partial charge in [0, 0.05) is 11.3 Å². The van der Waals surface area contributed by atoms with E-state index in [1.54, 1.807) is 26.0 Å². The Morgan fingerprint density at radius 1 is 1.38 bits per heavy atom. The first-order valence-corrected chi connectivity index (χ1v) is 8.16. The van der Waals surface area contributed by atoms with Crippen molar-refractivity contribution in [2.45, 2.75) is 39.2 Å². The van der Waals surface area contributed by atoms with Gasteiger partial charge in [0.2, 0.25) is 11.8 Å². The lowest BCUT2D eigenvalue weighted by atomic mass is 9.68. The Balaban J connectivity index is 2.38. The summed E-state index contributed by atoms with van der Waals surface area (Å²) in [6.45, 7) is 6.79. The first kappa shape index (κ1) is 17.5. The van der Waals surface area contributed by atoms with E-state index in [1.165, 1.54) is 6.92 Å². The number of esters is 1. The molecular weight excluding hydrogens is 334 g/mol. The Labute approximate surface area is 151 Å². The summed E-state index contributed by atoms with van der Waals surface area (Å²) in [6.07, 6.45) is -0.407. The highest BCUT2D eigenvalue weighted by molar-refractivity contribution is 6.17. The maximum atomic E-state index is 13.1. The number of nitrogens with two attached hydrogens (primary N) is 1. The largest absolute Gasteiger partial charge is 0.459 e. The first-order chi connectivity index (χ1) is 12.2. The van der Waals surface area contributed by atoms with Crippen LogP contribution in [0.1, 0.15) is 31.9 Å². The van der Waals surface area contributed by atoms with Gasteiger partial charge in [-0.3, -0.25) is 4.79 Å². The Bertz CT molecular complexity index is 937. The highest BCUT2D eigenvalue weighted by Crippen LogP contribution is 2.52. The third-order valence-electron chi connectivity index (χ3n) is 4.44. The number of anilines is 1. The van der Waals surface area contributed by atoms with E-state index in [4.69, 9.17) is 15.2 Å². The van der Waals surface area contributed by atoms with Gasteiger partial charge in [-0.15, -0.1) is 0 Å².